The van der Waals surface area contributed by atoms with Crippen molar-refractivity contribution < 1.29 is 0 Å². The zero-order valence-electron chi connectivity index (χ0n) is 8.07. The molecule has 4 nitrogen and oxygen atoms in total. The molecule has 0 fully saturated rings. The maximum absolute atomic E-state index is 8.38. The topological polar surface area (TPSA) is 51.8 Å². The summed E-state index contributed by atoms with van der Waals surface area (Å²) in [4.78, 5) is 9.68. The van der Waals surface area contributed by atoms with Gasteiger partial charge in [0.05, 0.1) is 6.54 Å². The Kier molecular flexibility index (Phi) is 4.23. The number of rotatable bonds is 2. The van der Waals surface area contributed by atoms with E-state index in [9.17, 15) is 0 Å². The van der Waals surface area contributed by atoms with Gasteiger partial charge in [0.25, 0.3) is 0 Å². The standard InChI is InChI=1S/C8H11ClN4S/c1-6(12-5-10)13(2)4-7-3-11-8(9)14-7/h7H,3-4H2,1-2H3. The molecule has 1 rings (SSSR count). The van der Waals surface area contributed by atoms with Crippen LogP contribution in [-0.2, 0) is 0 Å². The van der Waals surface area contributed by atoms with Crippen LogP contribution in [0.1, 0.15) is 6.92 Å². The van der Waals surface area contributed by atoms with Crippen molar-refractivity contribution in [2.75, 3.05) is 20.1 Å². The minimum atomic E-state index is 0.372. The summed E-state index contributed by atoms with van der Waals surface area (Å²) < 4.78 is 0.623. The van der Waals surface area contributed by atoms with Gasteiger partial charge in [0, 0.05) is 18.8 Å². The first-order valence-corrected chi connectivity index (χ1v) is 5.40. The first kappa shape index (κ1) is 11.3. The molecule has 0 saturated heterocycles. The SMILES string of the molecule is CC(=NC#N)N(C)CC1CN=C(Cl)S1. The molecular formula is C8H11ClN4S. The van der Waals surface area contributed by atoms with E-state index in [0.29, 0.717) is 9.75 Å². The Balaban J connectivity index is 2.39. The fraction of sp³-hybridized carbons (Fsp3) is 0.625. The summed E-state index contributed by atoms with van der Waals surface area (Å²) in [5.74, 6) is 0.719. The summed E-state index contributed by atoms with van der Waals surface area (Å²) in [5, 5.41) is 8.75. The molecule has 0 aromatic heterocycles. The molecule has 1 unspecified atom stereocenters. The van der Waals surface area contributed by atoms with Gasteiger partial charge in [0.1, 0.15) is 5.84 Å². The van der Waals surface area contributed by atoms with Crippen LogP contribution in [0.5, 0.6) is 0 Å². The molecule has 1 aliphatic heterocycles. The minimum Gasteiger partial charge on any atom is -0.361 e. The fourth-order valence-corrected chi connectivity index (χ4v) is 2.39. The molecule has 0 radical (unpaired) electrons. The zero-order valence-corrected chi connectivity index (χ0v) is 9.64. The van der Waals surface area contributed by atoms with Crippen LogP contribution in [0.4, 0.5) is 0 Å². The number of halogens is 1. The summed E-state index contributed by atoms with van der Waals surface area (Å²) >= 11 is 7.31. The Labute approximate surface area is 92.7 Å². The molecule has 1 aliphatic rings. The summed E-state index contributed by atoms with van der Waals surface area (Å²) in [6.07, 6.45) is 1.77. The summed E-state index contributed by atoms with van der Waals surface area (Å²) in [6, 6.07) is 0. The van der Waals surface area contributed by atoms with E-state index in [0.717, 1.165) is 18.9 Å². The molecule has 0 aliphatic carbocycles. The average molecular weight is 231 g/mol. The number of hydrogen-bond donors (Lipinski definition) is 0. The van der Waals surface area contributed by atoms with Crippen molar-refractivity contribution in [2.45, 2.75) is 12.2 Å². The highest BCUT2D eigenvalue weighted by molar-refractivity contribution is 8.17. The molecule has 0 saturated carbocycles. The van der Waals surface area contributed by atoms with Crippen LogP contribution in [0.15, 0.2) is 9.98 Å². The van der Waals surface area contributed by atoms with Crippen LogP contribution < -0.4 is 0 Å². The first-order valence-electron chi connectivity index (χ1n) is 4.14. The van der Waals surface area contributed by atoms with Gasteiger partial charge < -0.3 is 4.90 Å². The molecule has 1 heterocycles. The summed E-state index contributed by atoms with van der Waals surface area (Å²) in [5.41, 5.74) is 0. The van der Waals surface area contributed by atoms with Gasteiger partial charge in [-0.3, -0.25) is 4.99 Å². The van der Waals surface area contributed by atoms with Gasteiger partial charge in [0.15, 0.2) is 4.50 Å². The first-order chi connectivity index (χ1) is 6.63. The predicted octanol–water partition coefficient (Wildman–Crippen LogP) is 1.53. The number of hydrogen-bond acceptors (Lipinski definition) is 4. The van der Waals surface area contributed by atoms with Crippen molar-refractivity contribution >= 4 is 33.7 Å². The molecule has 0 N–H and O–H groups in total. The molecule has 0 bridgehead atoms. The van der Waals surface area contributed by atoms with Crippen LogP contribution in [-0.4, -0.2) is 40.6 Å². The summed E-state index contributed by atoms with van der Waals surface area (Å²) in [6.45, 7) is 3.36. The van der Waals surface area contributed by atoms with E-state index >= 15 is 0 Å². The molecule has 14 heavy (non-hydrogen) atoms. The lowest BCUT2D eigenvalue weighted by atomic mass is 10.4. The molecule has 6 heteroatoms. The van der Waals surface area contributed by atoms with Crippen LogP contribution in [0.3, 0.4) is 0 Å². The van der Waals surface area contributed by atoms with Gasteiger partial charge in [-0.1, -0.05) is 23.4 Å². The molecular weight excluding hydrogens is 220 g/mol. The van der Waals surface area contributed by atoms with E-state index in [-0.39, 0.29) is 0 Å². The Morgan fingerprint density at radius 3 is 3.14 bits per heavy atom. The van der Waals surface area contributed by atoms with Crippen molar-refractivity contribution in [2.24, 2.45) is 9.98 Å². The Bertz CT molecular complexity index is 307. The molecule has 0 aromatic carbocycles. The van der Waals surface area contributed by atoms with Gasteiger partial charge in [-0.2, -0.15) is 10.3 Å². The van der Waals surface area contributed by atoms with E-state index in [1.54, 1.807) is 18.0 Å². The third-order valence-corrected chi connectivity index (χ3v) is 3.27. The van der Waals surface area contributed by atoms with Crippen molar-refractivity contribution in [1.82, 2.24) is 4.90 Å². The number of thioether (sulfide) groups is 1. The second-order valence-corrected chi connectivity index (χ2v) is 4.84. The van der Waals surface area contributed by atoms with E-state index in [4.69, 9.17) is 16.9 Å². The van der Waals surface area contributed by atoms with Gasteiger partial charge in [-0.15, -0.1) is 0 Å². The Morgan fingerprint density at radius 2 is 2.64 bits per heavy atom. The molecule has 0 aromatic rings. The van der Waals surface area contributed by atoms with Crippen molar-refractivity contribution in [3.05, 3.63) is 0 Å². The minimum absolute atomic E-state index is 0.372. The van der Waals surface area contributed by atoms with E-state index in [1.165, 1.54) is 0 Å². The monoisotopic (exact) mass is 230 g/mol. The number of amidine groups is 1. The van der Waals surface area contributed by atoms with Crippen LogP contribution in [0.25, 0.3) is 0 Å². The van der Waals surface area contributed by atoms with Gasteiger partial charge in [-0.25, -0.2) is 0 Å². The highest BCUT2D eigenvalue weighted by Crippen LogP contribution is 2.23. The fourth-order valence-electron chi connectivity index (χ4n) is 1.08. The second-order valence-electron chi connectivity index (χ2n) is 2.97. The molecule has 0 spiro atoms. The van der Waals surface area contributed by atoms with Gasteiger partial charge >= 0.3 is 0 Å². The number of nitriles is 1. The van der Waals surface area contributed by atoms with Gasteiger partial charge in [-0.05, 0) is 6.92 Å². The third kappa shape index (κ3) is 3.20. The highest BCUT2D eigenvalue weighted by Gasteiger charge is 2.19. The van der Waals surface area contributed by atoms with Crippen LogP contribution in [0, 0.1) is 11.5 Å². The van der Waals surface area contributed by atoms with Crippen molar-refractivity contribution in [3.8, 4) is 6.19 Å². The number of nitrogens with zero attached hydrogens (tertiary/aromatic N) is 4. The maximum atomic E-state index is 8.38. The molecule has 1 atom stereocenters. The molecule has 76 valence electrons. The van der Waals surface area contributed by atoms with Crippen molar-refractivity contribution in [3.63, 3.8) is 0 Å². The van der Waals surface area contributed by atoms with Crippen LogP contribution in [0.2, 0.25) is 0 Å². The van der Waals surface area contributed by atoms with Crippen LogP contribution >= 0.6 is 23.4 Å². The highest BCUT2D eigenvalue weighted by atomic mass is 35.5. The predicted molar refractivity (Wildman–Crippen MR) is 60.9 cm³/mol. The number of aliphatic imine (C=N–C) groups is 2. The lowest BCUT2D eigenvalue weighted by Gasteiger charge is -2.20. The summed E-state index contributed by atoms with van der Waals surface area (Å²) in [7, 11) is 1.91. The molecule has 0 amide bonds. The van der Waals surface area contributed by atoms with E-state index in [1.807, 2.05) is 18.9 Å². The Morgan fingerprint density at radius 1 is 1.93 bits per heavy atom. The Hall–Kier alpha value is -0.730. The second kappa shape index (κ2) is 5.23. The van der Waals surface area contributed by atoms with Gasteiger partial charge in [0.2, 0.25) is 6.19 Å². The van der Waals surface area contributed by atoms with E-state index in [2.05, 4.69) is 9.98 Å². The maximum Gasteiger partial charge on any atom is 0.207 e. The smallest absolute Gasteiger partial charge is 0.207 e. The van der Waals surface area contributed by atoms with Crippen molar-refractivity contribution in [1.29, 1.82) is 5.26 Å². The third-order valence-electron chi connectivity index (χ3n) is 1.92. The largest absolute Gasteiger partial charge is 0.361 e. The van der Waals surface area contributed by atoms with E-state index < -0.39 is 0 Å². The lowest BCUT2D eigenvalue weighted by Crippen LogP contribution is -2.31. The quantitative estimate of drug-likeness (QED) is 0.411. The normalized spacial score (nSPS) is 21.7. The lowest BCUT2D eigenvalue weighted by molar-refractivity contribution is 0.499. The zero-order chi connectivity index (χ0) is 10.6. The average Bonchev–Trinajstić information content (AvgIpc) is 2.51.